The molecule has 2 aliphatic carbocycles. The van der Waals surface area contributed by atoms with Crippen molar-refractivity contribution in [1.29, 1.82) is 0 Å². The quantitative estimate of drug-likeness (QED) is 0.746. The monoisotopic (exact) mass is 387 g/mol. The van der Waals surface area contributed by atoms with Crippen molar-refractivity contribution in [3.8, 4) is 11.5 Å². The van der Waals surface area contributed by atoms with E-state index < -0.39 is 0 Å². The first-order chi connectivity index (χ1) is 14.2. The van der Waals surface area contributed by atoms with Gasteiger partial charge in [-0.3, -0.25) is 4.79 Å². The van der Waals surface area contributed by atoms with E-state index in [0.29, 0.717) is 23.5 Å². The average molecular weight is 387 g/mol. The van der Waals surface area contributed by atoms with Gasteiger partial charge in [0.25, 0.3) is 0 Å². The molecule has 0 bridgehead atoms. The maximum absolute atomic E-state index is 12.9. The van der Waals surface area contributed by atoms with E-state index in [2.05, 4.69) is 47.8 Å². The normalized spacial score (nSPS) is 19.2. The third-order valence-corrected chi connectivity index (χ3v) is 5.37. The highest BCUT2D eigenvalue weighted by Gasteiger charge is 2.27. The first kappa shape index (κ1) is 19.2. The fraction of sp³-hybridized carbons (Fsp3) is 0.240. The van der Waals surface area contributed by atoms with Crippen LogP contribution in [0.3, 0.4) is 0 Å². The minimum absolute atomic E-state index is 0.0645. The molecule has 4 nitrogen and oxygen atoms in total. The molecular weight excluding hydrogens is 362 g/mol. The molecule has 0 fully saturated rings. The van der Waals surface area contributed by atoms with Crippen LogP contribution in [0, 0.1) is 0 Å². The summed E-state index contributed by atoms with van der Waals surface area (Å²) in [5, 5.41) is 3.58. The first-order valence-corrected chi connectivity index (χ1v) is 9.84. The Labute approximate surface area is 171 Å². The first-order valence-electron chi connectivity index (χ1n) is 9.84. The van der Waals surface area contributed by atoms with Crippen molar-refractivity contribution in [2.24, 2.45) is 0 Å². The van der Waals surface area contributed by atoms with Crippen molar-refractivity contribution in [2.45, 2.75) is 25.4 Å². The van der Waals surface area contributed by atoms with Gasteiger partial charge in [-0.1, -0.05) is 48.6 Å². The maximum atomic E-state index is 12.9. The van der Waals surface area contributed by atoms with E-state index in [1.165, 1.54) is 5.56 Å². The van der Waals surface area contributed by atoms with Crippen molar-refractivity contribution in [3.63, 3.8) is 0 Å². The Morgan fingerprint density at radius 2 is 1.86 bits per heavy atom. The number of hydrogen-bond donors (Lipinski definition) is 1. The summed E-state index contributed by atoms with van der Waals surface area (Å²) in [4.78, 5) is 12.9. The van der Waals surface area contributed by atoms with Crippen molar-refractivity contribution >= 4 is 5.78 Å². The van der Waals surface area contributed by atoms with E-state index in [4.69, 9.17) is 9.47 Å². The van der Waals surface area contributed by atoms with Gasteiger partial charge in [-0.25, -0.2) is 0 Å². The number of hydrogen-bond acceptors (Lipinski definition) is 4. The van der Waals surface area contributed by atoms with E-state index in [1.54, 1.807) is 20.3 Å². The molecule has 1 atom stereocenters. The minimum atomic E-state index is 0.0645. The van der Waals surface area contributed by atoms with Gasteiger partial charge in [0.2, 0.25) is 0 Å². The molecule has 0 saturated carbocycles. The predicted octanol–water partition coefficient (Wildman–Crippen LogP) is 4.41. The third-order valence-electron chi connectivity index (χ3n) is 5.37. The summed E-state index contributed by atoms with van der Waals surface area (Å²) in [7, 11) is 3.19. The number of fused-ring (bicyclic) bond motifs is 1. The molecule has 2 aliphatic rings. The van der Waals surface area contributed by atoms with Crippen LogP contribution in [-0.2, 0) is 13.0 Å². The molecule has 0 saturated heterocycles. The van der Waals surface area contributed by atoms with E-state index in [-0.39, 0.29) is 11.8 Å². The van der Waals surface area contributed by atoms with Crippen LogP contribution < -0.4 is 14.8 Å². The third kappa shape index (κ3) is 4.17. The molecule has 2 aromatic rings. The zero-order chi connectivity index (χ0) is 20.2. The molecule has 148 valence electrons. The molecule has 1 unspecified atom stereocenters. The highest BCUT2D eigenvalue weighted by molar-refractivity contribution is 6.13. The molecule has 0 amide bonds. The van der Waals surface area contributed by atoms with Crippen LogP contribution in [0.4, 0.5) is 0 Å². The number of allylic oxidation sites excluding steroid dienone is 4. The van der Waals surface area contributed by atoms with Gasteiger partial charge in [0.1, 0.15) is 0 Å². The number of benzene rings is 2. The second-order valence-electron chi connectivity index (χ2n) is 7.32. The van der Waals surface area contributed by atoms with Gasteiger partial charge >= 0.3 is 0 Å². The molecule has 0 aliphatic heterocycles. The van der Waals surface area contributed by atoms with Crippen LogP contribution in [-0.4, -0.2) is 26.0 Å². The van der Waals surface area contributed by atoms with Crippen molar-refractivity contribution in [2.75, 3.05) is 14.2 Å². The second-order valence-corrected chi connectivity index (χ2v) is 7.32. The largest absolute Gasteiger partial charge is 0.493 e. The highest BCUT2D eigenvalue weighted by atomic mass is 16.5. The van der Waals surface area contributed by atoms with Crippen LogP contribution in [0.1, 0.15) is 27.9 Å². The van der Waals surface area contributed by atoms with Crippen LogP contribution in [0.2, 0.25) is 0 Å². The Bertz CT molecular complexity index is 1000. The lowest BCUT2D eigenvalue weighted by atomic mass is 9.99. The number of carbonyl (C=O) groups excluding carboxylic acids is 1. The van der Waals surface area contributed by atoms with Crippen LogP contribution in [0.25, 0.3) is 0 Å². The number of methoxy groups -OCH3 is 2. The predicted molar refractivity (Wildman–Crippen MR) is 115 cm³/mol. The number of rotatable bonds is 6. The Balaban J connectivity index is 1.50. The lowest BCUT2D eigenvalue weighted by Gasteiger charge is -2.17. The van der Waals surface area contributed by atoms with E-state index in [1.807, 2.05) is 18.2 Å². The molecule has 2 aromatic carbocycles. The summed E-state index contributed by atoms with van der Waals surface area (Å²) in [5.74, 6) is 1.31. The molecule has 1 N–H and O–H groups in total. The van der Waals surface area contributed by atoms with Gasteiger partial charge in [-0.05, 0) is 41.3 Å². The molecule has 29 heavy (non-hydrogen) atoms. The summed E-state index contributed by atoms with van der Waals surface area (Å²) < 4.78 is 10.7. The average Bonchev–Trinajstić information content (AvgIpc) is 3.06. The van der Waals surface area contributed by atoms with Crippen LogP contribution in [0.15, 0.2) is 77.9 Å². The molecule has 0 aromatic heterocycles. The van der Waals surface area contributed by atoms with Gasteiger partial charge in [-0.2, -0.15) is 0 Å². The van der Waals surface area contributed by atoms with Crippen LogP contribution >= 0.6 is 0 Å². The maximum Gasteiger partial charge on any atom is 0.189 e. The van der Waals surface area contributed by atoms with Gasteiger partial charge in [0.05, 0.1) is 14.2 Å². The standard InChI is InChI=1S/C25H25NO3/c1-28-23-14-19-13-20(25(27)22(19)15-24(23)29-2)11-18-9-6-10-21(12-18)26-16-17-7-4-3-5-8-17/h3-9,11-12,14-15,21,26H,10,13,16H2,1-2H3/b20-11+. The van der Waals surface area contributed by atoms with Crippen LogP contribution in [0.5, 0.6) is 11.5 Å². The van der Waals surface area contributed by atoms with Crippen molar-refractivity contribution < 1.29 is 14.3 Å². The zero-order valence-corrected chi connectivity index (χ0v) is 16.8. The minimum Gasteiger partial charge on any atom is -0.493 e. The lowest BCUT2D eigenvalue weighted by molar-refractivity contribution is 0.103. The smallest absolute Gasteiger partial charge is 0.189 e. The van der Waals surface area contributed by atoms with E-state index in [0.717, 1.165) is 29.7 Å². The highest BCUT2D eigenvalue weighted by Crippen LogP contribution is 2.37. The lowest BCUT2D eigenvalue weighted by Crippen LogP contribution is -2.27. The number of ketones is 1. The SMILES string of the molecule is COc1cc2c(cc1OC)C(=O)/C(=C/C1=CC(NCc3ccccc3)CC=C1)C2. The van der Waals surface area contributed by atoms with Gasteiger partial charge in [0, 0.05) is 30.1 Å². The van der Waals surface area contributed by atoms with Crippen molar-refractivity contribution in [3.05, 3.63) is 94.6 Å². The topological polar surface area (TPSA) is 47.6 Å². The molecule has 4 rings (SSSR count). The second kappa shape index (κ2) is 8.50. The van der Waals surface area contributed by atoms with Gasteiger partial charge in [0.15, 0.2) is 17.3 Å². The Morgan fingerprint density at radius 1 is 1.10 bits per heavy atom. The zero-order valence-electron chi connectivity index (χ0n) is 16.8. The molecule has 0 radical (unpaired) electrons. The summed E-state index contributed by atoms with van der Waals surface area (Å²) in [6.45, 7) is 0.823. The number of carbonyl (C=O) groups is 1. The Hall–Kier alpha value is -3.11. The fourth-order valence-electron chi connectivity index (χ4n) is 3.84. The molecule has 4 heteroatoms. The molecule has 0 heterocycles. The number of nitrogens with one attached hydrogen (secondary N) is 1. The fourth-order valence-corrected chi connectivity index (χ4v) is 3.84. The Kier molecular flexibility index (Phi) is 5.63. The van der Waals surface area contributed by atoms with Crippen molar-refractivity contribution in [1.82, 2.24) is 5.32 Å². The number of Topliss-reactive ketones (excluding diaryl/α,β-unsaturated/α-hetero) is 1. The molecular formula is C25H25NO3. The summed E-state index contributed by atoms with van der Waals surface area (Å²) in [6.07, 6.45) is 10.0. The summed E-state index contributed by atoms with van der Waals surface area (Å²) in [6, 6.07) is 14.3. The van der Waals surface area contributed by atoms with Gasteiger partial charge in [-0.15, -0.1) is 0 Å². The summed E-state index contributed by atoms with van der Waals surface area (Å²) in [5.41, 5.74) is 4.82. The van der Waals surface area contributed by atoms with E-state index >= 15 is 0 Å². The van der Waals surface area contributed by atoms with Gasteiger partial charge < -0.3 is 14.8 Å². The summed E-state index contributed by atoms with van der Waals surface area (Å²) >= 11 is 0. The van der Waals surface area contributed by atoms with E-state index in [9.17, 15) is 4.79 Å². The molecule has 0 spiro atoms. The number of ether oxygens (including phenoxy) is 2. The Morgan fingerprint density at radius 3 is 2.62 bits per heavy atom.